The summed E-state index contributed by atoms with van der Waals surface area (Å²) in [6.45, 7) is 2.35. The minimum atomic E-state index is -0.0905. The van der Waals surface area contributed by atoms with Crippen LogP contribution in [-0.2, 0) is 13.0 Å². The number of hydrogen-bond acceptors (Lipinski definition) is 5. The van der Waals surface area contributed by atoms with E-state index >= 15 is 0 Å². The molecule has 1 atom stereocenters. The number of aromatic nitrogens is 3. The van der Waals surface area contributed by atoms with E-state index in [2.05, 4.69) is 15.5 Å². The predicted molar refractivity (Wildman–Crippen MR) is 110 cm³/mol. The number of nitrogens with zero attached hydrogens (tertiary/aromatic N) is 4. The Balaban J connectivity index is 1.27. The number of amides is 2. The molecule has 1 saturated heterocycles. The van der Waals surface area contributed by atoms with Crippen molar-refractivity contribution in [3.8, 4) is 0 Å². The monoisotopic (exact) mass is 413 g/mol. The van der Waals surface area contributed by atoms with Gasteiger partial charge in [0.05, 0.1) is 5.56 Å². The highest BCUT2D eigenvalue weighted by Gasteiger charge is 2.41. The zero-order chi connectivity index (χ0) is 19.8. The molecule has 2 aromatic heterocycles. The second-order valence-electron chi connectivity index (χ2n) is 8.79. The molecule has 1 aliphatic carbocycles. The number of carbonyl (C=O) groups is 2. The van der Waals surface area contributed by atoms with Gasteiger partial charge in [0.2, 0.25) is 5.82 Å². The van der Waals surface area contributed by atoms with Gasteiger partial charge in [0.25, 0.3) is 11.8 Å². The van der Waals surface area contributed by atoms with Gasteiger partial charge in [-0.2, -0.15) is 11.3 Å². The molecule has 1 spiro atoms. The molecule has 2 aliphatic heterocycles. The van der Waals surface area contributed by atoms with Crippen molar-refractivity contribution in [2.24, 2.45) is 5.41 Å². The fourth-order valence-electron chi connectivity index (χ4n) is 5.18. The Kier molecular flexibility index (Phi) is 4.89. The first-order chi connectivity index (χ1) is 14.1. The lowest BCUT2D eigenvalue weighted by Crippen LogP contribution is -2.35. The molecule has 0 radical (unpaired) electrons. The van der Waals surface area contributed by atoms with E-state index in [9.17, 15) is 9.59 Å². The van der Waals surface area contributed by atoms with E-state index < -0.39 is 0 Å². The molecule has 8 heteroatoms. The van der Waals surface area contributed by atoms with Gasteiger partial charge >= 0.3 is 0 Å². The highest BCUT2D eigenvalue weighted by atomic mass is 32.1. The summed E-state index contributed by atoms with van der Waals surface area (Å²) in [5.74, 6) is 1.41. The fourth-order valence-corrected chi connectivity index (χ4v) is 5.81. The van der Waals surface area contributed by atoms with Crippen molar-refractivity contribution in [2.75, 3.05) is 13.1 Å². The van der Waals surface area contributed by atoms with Crippen LogP contribution < -0.4 is 5.32 Å². The Morgan fingerprint density at radius 3 is 2.76 bits per heavy atom. The fraction of sp³-hybridized carbons (Fsp3) is 0.619. The van der Waals surface area contributed by atoms with E-state index in [1.165, 1.54) is 12.8 Å². The number of carbonyl (C=O) groups excluding carboxylic acids is 2. The second kappa shape index (κ2) is 7.55. The van der Waals surface area contributed by atoms with Gasteiger partial charge in [0.1, 0.15) is 5.82 Å². The first-order valence-electron chi connectivity index (χ1n) is 10.7. The zero-order valence-electron chi connectivity index (χ0n) is 16.6. The van der Waals surface area contributed by atoms with Gasteiger partial charge in [-0.05, 0) is 49.0 Å². The Hall–Kier alpha value is -2.22. The maximum atomic E-state index is 12.7. The molecule has 0 aromatic carbocycles. The minimum Gasteiger partial charge on any atom is -0.347 e. The van der Waals surface area contributed by atoms with Crippen LogP contribution in [0.25, 0.3) is 0 Å². The third-order valence-electron chi connectivity index (χ3n) is 6.96. The molecule has 29 heavy (non-hydrogen) atoms. The zero-order valence-corrected chi connectivity index (χ0v) is 17.4. The lowest BCUT2D eigenvalue weighted by molar-refractivity contribution is 0.0767. The summed E-state index contributed by atoms with van der Waals surface area (Å²) >= 11 is 1.56. The van der Waals surface area contributed by atoms with Crippen LogP contribution in [0.5, 0.6) is 0 Å². The smallest absolute Gasteiger partial charge is 0.289 e. The minimum absolute atomic E-state index is 0.0905. The van der Waals surface area contributed by atoms with Crippen LogP contribution in [0, 0.1) is 5.41 Å². The van der Waals surface area contributed by atoms with Crippen molar-refractivity contribution in [1.82, 2.24) is 25.0 Å². The highest BCUT2D eigenvalue weighted by molar-refractivity contribution is 7.08. The molecule has 2 aromatic rings. The third kappa shape index (κ3) is 3.58. The first kappa shape index (κ1) is 18.8. The summed E-state index contributed by atoms with van der Waals surface area (Å²) in [7, 11) is 0. The average Bonchev–Trinajstić information content (AvgIpc) is 3.50. The number of nitrogens with one attached hydrogen (secondary N) is 1. The van der Waals surface area contributed by atoms with Crippen LogP contribution in [0.3, 0.4) is 0 Å². The predicted octanol–water partition coefficient (Wildman–Crippen LogP) is 2.88. The third-order valence-corrected chi connectivity index (χ3v) is 7.64. The first-order valence-corrected chi connectivity index (χ1v) is 11.6. The van der Waals surface area contributed by atoms with Crippen molar-refractivity contribution in [1.29, 1.82) is 0 Å². The molecule has 2 amide bonds. The van der Waals surface area contributed by atoms with Crippen LogP contribution in [-0.4, -0.2) is 50.6 Å². The van der Waals surface area contributed by atoms with Gasteiger partial charge in [-0.25, -0.2) is 0 Å². The van der Waals surface area contributed by atoms with Crippen molar-refractivity contribution in [3.63, 3.8) is 0 Å². The van der Waals surface area contributed by atoms with E-state index in [0.717, 1.165) is 69.5 Å². The van der Waals surface area contributed by atoms with Crippen molar-refractivity contribution in [2.45, 2.75) is 64.0 Å². The lowest BCUT2D eigenvalue weighted by atomic mass is 9.80. The van der Waals surface area contributed by atoms with Gasteiger partial charge in [0.15, 0.2) is 0 Å². The summed E-state index contributed by atoms with van der Waals surface area (Å²) < 4.78 is 2.02. The Bertz CT molecular complexity index is 902. The van der Waals surface area contributed by atoms with E-state index in [1.54, 1.807) is 11.3 Å². The van der Waals surface area contributed by atoms with Crippen LogP contribution in [0.2, 0.25) is 0 Å². The molecule has 2 fully saturated rings. The molecule has 0 bridgehead atoms. The van der Waals surface area contributed by atoms with E-state index in [0.29, 0.717) is 5.82 Å². The van der Waals surface area contributed by atoms with Gasteiger partial charge in [-0.15, -0.1) is 10.2 Å². The van der Waals surface area contributed by atoms with Gasteiger partial charge in [-0.1, -0.05) is 12.8 Å². The van der Waals surface area contributed by atoms with E-state index in [1.807, 2.05) is 26.3 Å². The maximum Gasteiger partial charge on any atom is 0.289 e. The topological polar surface area (TPSA) is 80.1 Å². The number of hydrogen-bond donors (Lipinski definition) is 1. The van der Waals surface area contributed by atoms with Crippen LogP contribution >= 0.6 is 11.3 Å². The van der Waals surface area contributed by atoms with Crippen LogP contribution in [0.1, 0.15) is 71.7 Å². The average molecular weight is 414 g/mol. The molecule has 5 rings (SSSR count). The van der Waals surface area contributed by atoms with E-state index in [-0.39, 0.29) is 23.3 Å². The molecule has 1 N–H and O–H groups in total. The van der Waals surface area contributed by atoms with Gasteiger partial charge in [0, 0.05) is 37.5 Å². The SMILES string of the molecule is O=C(NC1CCCC1)c1nnc2n1CC[C@]1(CC2)CCN(C(=O)c2ccsc2)C1. The second-order valence-corrected chi connectivity index (χ2v) is 9.57. The summed E-state index contributed by atoms with van der Waals surface area (Å²) in [6, 6.07) is 2.18. The lowest BCUT2D eigenvalue weighted by Gasteiger charge is -2.27. The number of fused-ring (bicyclic) bond motifs is 1. The number of thiophene rings is 1. The van der Waals surface area contributed by atoms with Crippen molar-refractivity contribution < 1.29 is 9.59 Å². The standard InChI is InChI=1S/C21H27N5O2S/c27-19(22-16-3-1-2-4-16)18-24-23-17-5-7-21(9-11-26(17)18)8-10-25(14-21)20(28)15-6-12-29-13-15/h6,12-13,16H,1-5,7-11,14H2,(H,22,27)/t21-/m0/s1. The number of aryl methyl sites for hydroxylation is 1. The van der Waals surface area contributed by atoms with E-state index in [4.69, 9.17) is 0 Å². The van der Waals surface area contributed by atoms with Gasteiger partial charge < -0.3 is 14.8 Å². The molecule has 4 heterocycles. The number of rotatable bonds is 3. The van der Waals surface area contributed by atoms with Crippen molar-refractivity contribution >= 4 is 23.2 Å². The van der Waals surface area contributed by atoms with Gasteiger partial charge in [-0.3, -0.25) is 9.59 Å². The molecular weight excluding hydrogens is 386 g/mol. The quantitative estimate of drug-likeness (QED) is 0.839. The maximum absolute atomic E-state index is 12.7. The molecule has 7 nitrogen and oxygen atoms in total. The molecule has 3 aliphatic rings. The van der Waals surface area contributed by atoms with Crippen molar-refractivity contribution in [3.05, 3.63) is 34.0 Å². The summed E-state index contributed by atoms with van der Waals surface area (Å²) in [4.78, 5) is 27.5. The Morgan fingerprint density at radius 2 is 1.97 bits per heavy atom. The molecule has 0 unspecified atom stereocenters. The molecule has 1 saturated carbocycles. The number of likely N-dealkylation sites (tertiary alicyclic amines) is 1. The molecular formula is C21H27N5O2S. The Labute approximate surface area is 174 Å². The summed E-state index contributed by atoms with van der Waals surface area (Å²) in [6.07, 6.45) is 8.26. The van der Waals surface area contributed by atoms with Crippen LogP contribution in [0.15, 0.2) is 16.8 Å². The summed E-state index contributed by atoms with van der Waals surface area (Å²) in [5, 5.41) is 15.6. The summed E-state index contributed by atoms with van der Waals surface area (Å²) in [5.41, 5.74) is 0.912. The normalized spacial score (nSPS) is 24.6. The highest BCUT2D eigenvalue weighted by Crippen LogP contribution is 2.41. The van der Waals surface area contributed by atoms with Crippen LogP contribution in [0.4, 0.5) is 0 Å². The largest absolute Gasteiger partial charge is 0.347 e. The molecule has 154 valence electrons. The Morgan fingerprint density at radius 1 is 1.14 bits per heavy atom.